The first-order valence-electron chi connectivity index (χ1n) is 8.73. The van der Waals surface area contributed by atoms with Crippen LogP contribution in [0.15, 0.2) is 41.8 Å². The van der Waals surface area contributed by atoms with E-state index in [1.54, 1.807) is 11.3 Å². The van der Waals surface area contributed by atoms with E-state index in [2.05, 4.69) is 78.5 Å². The van der Waals surface area contributed by atoms with E-state index in [-0.39, 0.29) is 0 Å². The Balaban J connectivity index is 1.79. The van der Waals surface area contributed by atoms with Gasteiger partial charge in [0.15, 0.2) is 0 Å². The molecule has 0 spiro atoms. The molecule has 0 fully saturated rings. The Kier molecular flexibility index (Phi) is 6.08. The fourth-order valence-corrected chi connectivity index (χ4v) is 4.17. The third kappa shape index (κ3) is 4.59. The molecule has 0 aliphatic heterocycles. The Morgan fingerprint density at radius 1 is 0.960 bits per heavy atom. The predicted molar refractivity (Wildman–Crippen MR) is 113 cm³/mol. The highest BCUT2D eigenvalue weighted by molar-refractivity contribution is 9.09. The molecule has 0 amide bonds. The van der Waals surface area contributed by atoms with Gasteiger partial charge in [-0.2, -0.15) is 0 Å². The van der Waals surface area contributed by atoms with Crippen molar-refractivity contribution in [3.8, 4) is 11.3 Å². The third-order valence-electron chi connectivity index (χ3n) is 4.61. The van der Waals surface area contributed by atoms with E-state index in [1.165, 1.54) is 44.8 Å². The van der Waals surface area contributed by atoms with Crippen LogP contribution in [0.25, 0.3) is 11.3 Å². The molecular weight excluding hydrogens is 390 g/mol. The molecule has 0 saturated carbocycles. The van der Waals surface area contributed by atoms with Gasteiger partial charge in [-0.3, -0.25) is 0 Å². The first kappa shape index (κ1) is 18.3. The van der Waals surface area contributed by atoms with Gasteiger partial charge in [0.25, 0.3) is 0 Å². The lowest BCUT2D eigenvalue weighted by atomic mass is 9.96. The zero-order chi connectivity index (χ0) is 17.8. The summed E-state index contributed by atoms with van der Waals surface area (Å²) in [4.78, 5) is 4.86. The van der Waals surface area contributed by atoms with E-state index >= 15 is 0 Å². The van der Waals surface area contributed by atoms with Crippen molar-refractivity contribution in [2.24, 2.45) is 0 Å². The van der Waals surface area contributed by atoms with Crippen molar-refractivity contribution in [2.45, 2.75) is 40.0 Å². The second kappa shape index (κ2) is 8.29. The van der Waals surface area contributed by atoms with Crippen LogP contribution in [0.3, 0.4) is 0 Å². The van der Waals surface area contributed by atoms with E-state index in [0.29, 0.717) is 0 Å². The molecule has 3 rings (SSSR count). The lowest BCUT2D eigenvalue weighted by Crippen LogP contribution is -1.98. The predicted octanol–water partition coefficient (Wildman–Crippen LogP) is 6.65. The maximum atomic E-state index is 4.86. The Morgan fingerprint density at radius 2 is 1.64 bits per heavy atom. The standard InChI is InChI=1S/C22H24BrNS/c1-15-6-8-18(9-7-15)21-14-25-22(24-21)13-20-12-16(2)19(5-4-10-23)11-17(20)3/h6-9,11-12,14H,4-5,10,13H2,1-3H3. The minimum atomic E-state index is 0.919. The average Bonchev–Trinajstić information content (AvgIpc) is 3.06. The van der Waals surface area contributed by atoms with Gasteiger partial charge >= 0.3 is 0 Å². The van der Waals surface area contributed by atoms with Gasteiger partial charge in [0, 0.05) is 22.7 Å². The number of nitrogens with zero attached hydrogens (tertiary/aromatic N) is 1. The molecule has 2 aromatic carbocycles. The zero-order valence-corrected chi connectivity index (χ0v) is 17.5. The van der Waals surface area contributed by atoms with E-state index in [1.807, 2.05) is 0 Å². The van der Waals surface area contributed by atoms with E-state index in [4.69, 9.17) is 4.98 Å². The fourth-order valence-electron chi connectivity index (χ4n) is 3.06. The SMILES string of the molecule is Cc1ccc(-c2csc(Cc3cc(C)c(CCCBr)cc3C)n2)cc1. The molecule has 25 heavy (non-hydrogen) atoms. The highest BCUT2D eigenvalue weighted by Crippen LogP contribution is 2.26. The Morgan fingerprint density at radius 3 is 2.36 bits per heavy atom. The van der Waals surface area contributed by atoms with Gasteiger partial charge in [0.2, 0.25) is 0 Å². The van der Waals surface area contributed by atoms with Crippen molar-refractivity contribution in [3.63, 3.8) is 0 Å². The number of alkyl halides is 1. The number of benzene rings is 2. The van der Waals surface area contributed by atoms with Gasteiger partial charge in [0.1, 0.15) is 0 Å². The summed E-state index contributed by atoms with van der Waals surface area (Å²) in [5.74, 6) is 0. The van der Waals surface area contributed by atoms with Gasteiger partial charge in [-0.05, 0) is 55.9 Å². The number of aromatic nitrogens is 1. The minimum absolute atomic E-state index is 0.919. The minimum Gasteiger partial charge on any atom is -0.241 e. The molecule has 0 atom stereocenters. The molecule has 0 bridgehead atoms. The van der Waals surface area contributed by atoms with Crippen LogP contribution in [0.1, 0.15) is 39.2 Å². The third-order valence-corrected chi connectivity index (χ3v) is 6.02. The molecule has 1 nitrogen and oxygen atoms in total. The van der Waals surface area contributed by atoms with E-state index in [0.717, 1.165) is 23.9 Å². The zero-order valence-electron chi connectivity index (χ0n) is 15.1. The lowest BCUT2D eigenvalue weighted by molar-refractivity contribution is 0.923. The summed E-state index contributed by atoms with van der Waals surface area (Å²) in [6.45, 7) is 6.57. The smallest absolute Gasteiger partial charge is 0.0976 e. The van der Waals surface area contributed by atoms with Gasteiger partial charge in [-0.15, -0.1) is 11.3 Å². The normalized spacial score (nSPS) is 11.0. The van der Waals surface area contributed by atoms with E-state index in [9.17, 15) is 0 Å². The number of thiazole rings is 1. The monoisotopic (exact) mass is 413 g/mol. The number of hydrogen-bond donors (Lipinski definition) is 0. The van der Waals surface area contributed by atoms with Crippen LogP contribution in [0.2, 0.25) is 0 Å². The molecule has 1 heterocycles. The quantitative estimate of drug-likeness (QED) is 0.411. The molecule has 3 heteroatoms. The van der Waals surface area contributed by atoms with Crippen molar-refractivity contribution in [1.82, 2.24) is 4.98 Å². The van der Waals surface area contributed by atoms with Crippen LogP contribution < -0.4 is 0 Å². The van der Waals surface area contributed by atoms with Crippen molar-refractivity contribution in [1.29, 1.82) is 0 Å². The summed E-state index contributed by atoms with van der Waals surface area (Å²) in [5.41, 5.74) is 9.21. The Hall–Kier alpha value is -1.45. The Bertz CT molecular complexity index is 849. The maximum Gasteiger partial charge on any atom is 0.0976 e. The van der Waals surface area contributed by atoms with Crippen LogP contribution >= 0.6 is 27.3 Å². The number of rotatable bonds is 6. The molecule has 0 N–H and O–H groups in total. The molecule has 130 valence electrons. The summed E-state index contributed by atoms with van der Waals surface area (Å²) < 4.78 is 0. The molecular formula is C22H24BrNS. The molecule has 0 radical (unpaired) electrons. The van der Waals surface area contributed by atoms with Gasteiger partial charge in [-0.1, -0.05) is 57.9 Å². The first-order chi connectivity index (χ1) is 12.1. The van der Waals surface area contributed by atoms with Crippen LogP contribution in [0.5, 0.6) is 0 Å². The molecule has 0 aliphatic carbocycles. The van der Waals surface area contributed by atoms with Crippen molar-refractivity contribution >= 4 is 27.3 Å². The van der Waals surface area contributed by atoms with Crippen LogP contribution in [0, 0.1) is 20.8 Å². The molecule has 0 aliphatic rings. The summed E-state index contributed by atoms with van der Waals surface area (Å²) in [7, 11) is 0. The van der Waals surface area contributed by atoms with Crippen LogP contribution in [-0.4, -0.2) is 10.3 Å². The fraction of sp³-hybridized carbons (Fsp3) is 0.318. The lowest BCUT2D eigenvalue weighted by Gasteiger charge is -2.11. The van der Waals surface area contributed by atoms with Crippen molar-refractivity contribution < 1.29 is 0 Å². The second-order valence-corrected chi connectivity index (χ2v) is 8.40. The topological polar surface area (TPSA) is 12.9 Å². The summed E-state index contributed by atoms with van der Waals surface area (Å²) in [5, 5.41) is 4.42. The van der Waals surface area contributed by atoms with Crippen molar-refractivity contribution in [2.75, 3.05) is 5.33 Å². The first-order valence-corrected chi connectivity index (χ1v) is 10.7. The van der Waals surface area contributed by atoms with Crippen LogP contribution in [0.4, 0.5) is 0 Å². The highest BCUT2D eigenvalue weighted by atomic mass is 79.9. The van der Waals surface area contributed by atoms with Gasteiger partial charge in [0.05, 0.1) is 10.7 Å². The summed E-state index contributed by atoms with van der Waals surface area (Å²) in [6, 6.07) is 13.3. The van der Waals surface area contributed by atoms with Gasteiger partial charge < -0.3 is 0 Å². The molecule has 3 aromatic rings. The molecule has 0 unspecified atom stereocenters. The number of aryl methyl sites for hydroxylation is 4. The molecule has 1 aromatic heterocycles. The Labute approximate surface area is 163 Å². The molecule has 0 saturated heterocycles. The average molecular weight is 414 g/mol. The summed E-state index contributed by atoms with van der Waals surface area (Å²) in [6.07, 6.45) is 3.25. The van der Waals surface area contributed by atoms with Crippen LogP contribution in [-0.2, 0) is 12.8 Å². The highest BCUT2D eigenvalue weighted by Gasteiger charge is 2.09. The second-order valence-electron chi connectivity index (χ2n) is 6.67. The van der Waals surface area contributed by atoms with Crippen molar-refractivity contribution in [3.05, 3.63) is 74.6 Å². The largest absolute Gasteiger partial charge is 0.241 e. The number of hydrogen-bond acceptors (Lipinski definition) is 2. The number of halogens is 1. The summed E-state index contributed by atoms with van der Waals surface area (Å²) >= 11 is 5.29. The van der Waals surface area contributed by atoms with E-state index < -0.39 is 0 Å². The van der Waals surface area contributed by atoms with Gasteiger partial charge in [-0.25, -0.2) is 4.98 Å². The maximum absolute atomic E-state index is 4.86.